The maximum atomic E-state index is 12.1. The van der Waals surface area contributed by atoms with Gasteiger partial charge >= 0.3 is 0 Å². The second-order valence-electron chi connectivity index (χ2n) is 5.60. The van der Waals surface area contributed by atoms with Gasteiger partial charge in [-0.25, -0.2) is 0 Å². The van der Waals surface area contributed by atoms with Crippen LogP contribution in [0.4, 0.5) is 11.6 Å². The molecule has 1 fully saturated rings. The SMILES string of the molecule is Cc1ccc(C)c(NC(=O)CSc2nnc(N)n2C2CC2)c1. The molecule has 0 saturated heterocycles. The Kier molecular flexibility index (Phi) is 4.06. The summed E-state index contributed by atoms with van der Waals surface area (Å²) in [7, 11) is 0. The van der Waals surface area contributed by atoms with Gasteiger partial charge in [0.1, 0.15) is 0 Å². The molecule has 116 valence electrons. The first kappa shape index (κ1) is 14.9. The van der Waals surface area contributed by atoms with E-state index < -0.39 is 0 Å². The van der Waals surface area contributed by atoms with Gasteiger partial charge in [0.05, 0.1) is 5.75 Å². The second-order valence-corrected chi connectivity index (χ2v) is 6.54. The minimum Gasteiger partial charge on any atom is -0.368 e. The molecule has 0 unspecified atom stereocenters. The minimum absolute atomic E-state index is 0.0531. The number of thioether (sulfide) groups is 1. The van der Waals surface area contributed by atoms with Gasteiger partial charge in [-0.2, -0.15) is 0 Å². The van der Waals surface area contributed by atoms with Crippen molar-refractivity contribution in [3.05, 3.63) is 29.3 Å². The molecule has 1 aliphatic rings. The van der Waals surface area contributed by atoms with Gasteiger partial charge in [0, 0.05) is 11.7 Å². The van der Waals surface area contributed by atoms with Gasteiger partial charge in [-0.05, 0) is 43.9 Å². The molecule has 1 heterocycles. The van der Waals surface area contributed by atoms with Crippen LogP contribution < -0.4 is 11.1 Å². The number of benzene rings is 1. The average molecular weight is 317 g/mol. The Morgan fingerprint density at radius 1 is 1.41 bits per heavy atom. The third-order valence-electron chi connectivity index (χ3n) is 3.60. The van der Waals surface area contributed by atoms with Crippen LogP contribution in [0.15, 0.2) is 23.4 Å². The third-order valence-corrected chi connectivity index (χ3v) is 4.55. The van der Waals surface area contributed by atoms with E-state index in [1.807, 2.05) is 36.6 Å². The maximum Gasteiger partial charge on any atom is 0.234 e. The number of hydrogen-bond donors (Lipinski definition) is 2. The molecule has 0 atom stereocenters. The quantitative estimate of drug-likeness (QED) is 0.828. The predicted octanol–water partition coefficient (Wildman–Crippen LogP) is 2.54. The van der Waals surface area contributed by atoms with Gasteiger partial charge in [0.15, 0.2) is 5.16 Å². The number of aryl methyl sites for hydroxylation is 2. The topological polar surface area (TPSA) is 85.8 Å². The standard InChI is InChI=1S/C15H19N5OS/c1-9-3-4-10(2)12(7-9)17-13(21)8-22-15-19-18-14(16)20(15)11-5-6-11/h3-4,7,11H,5-6,8H2,1-2H3,(H2,16,18)(H,17,21). The van der Waals surface area contributed by atoms with Crippen LogP contribution in [-0.4, -0.2) is 26.4 Å². The van der Waals surface area contributed by atoms with Gasteiger partial charge in [0.25, 0.3) is 0 Å². The normalized spacial score (nSPS) is 14.1. The Bertz CT molecular complexity index is 708. The minimum atomic E-state index is -0.0531. The van der Waals surface area contributed by atoms with E-state index in [4.69, 9.17) is 5.73 Å². The Labute approximate surface area is 133 Å². The predicted molar refractivity (Wildman–Crippen MR) is 88.0 cm³/mol. The van der Waals surface area contributed by atoms with Crippen LogP contribution in [0.1, 0.15) is 30.0 Å². The lowest BCUT2D eigenvalue weighted by atomic mass is 10.1. The molecule has 3 rings (SSSR count). The summed E-state index contributed by atoms with van der Waals surface area (Å²) < 4.78 is 1.93. The molecule has 0 radical (unpaired) electrons. The van der Waals surface area contributed by atoms with Gasteiger partial charge in [-0.3, -0.25) is 9.36 Å². The van der Waals surface area contributed by atoms with Gasteiger partial charge < -0.3 is 11.1 Å². The molecule has 1 amide bonds. The highest BCUT2D eigenvalue weighted by Crippen LogP contribution is 2.39. The molecular weight excluding hydrogens is 298 g/mol. The lowest BCUT2D eigenvalue weighted by molar-refractivity contribution is -0.113. The number of rotatable bonds is 5. The van der Waals surface area contributed by atoms with E-state index >= 15 is 0 Å². The Morgan fingerprint density at radius 3 is 2.91 bits per heavy atom. The molecule has 3 N–H and O–H groups in total. The monoisotopic (exact) mass is 317 g/mol. The van der Waals surface area contributed by atoms with Crippen LogP contribution >= 0.6 is 11.8 Å². The first-order valence-corrected chi connectivity index (χ1v) is 8.23. The van der Waals surface area contributed by atoms with Crippen LogP contribution in [0.2, 0.25) is 0 Å². The van der Waals surface area contributed by atoms with Crippen molar-refractivity contribution in [2.45, 2.75) is 37.9 Å². The fourth-order valence-electron chi connectivity index (χ4n) is 2.25. The van der Waals surface area contributed by atoms with Crippen LogP contribution in [0.5, 0.6) is 0 Å². The summed E-state index contributed by atoms with van der Waals surface area (Å²) in [5.74, 6) is 0.667. The number of nitrogen functional groups attached to an aromatic ring is 1. The van der Waals surface area contributed by atoms with E-state index in [9.17, 15) is 4.79 Å². The molecule has 1 aromatic heterocycles. The van der Waals surface area contributed by atoms with Gasteiger partial charge in [-0.1, -0.05) is 23.9 Å². The van der Waals surface area contributed by atoms with Crippen molar-refractivity contribution in [3.8, 4) is 0 Å². The fourth-order valence-corrected chi connectivity index (χ4v) is 3.06. The van der Waals surface area contributed by atoms with Crippen LogP contribution in [-0.2, 0) is 4.79 Å². The Morgan fingerprint density at radius 2 is 2.18 bits per heavy atom. The molecule has 0 aliphatic heterocycles. The zero-order chi connectivity index (χ0) is 15.7. The number of hydrogen-bond acceptors (Lipinski definition) is 5. The molecule has 2 aromatic rings. The van der Waals surface area contributed by atoms with E-state index in [0.717, 1.165) is 34.8 Å². The number of carbonyl (C=O) groups excluding carboxylic acids is 1. The number of amides is 1. The van der Waals surface area contributed by atoms with E-state index in [2.05, 4.69) is 15.5 Å². The summed E-state index contributed by atoms with van der Waals surface area (Å²) in [6, 6.07) is 6.41. The van der Waals surface area contributed by atoms with Gasteiger partial charge in [-0.15, -0.1) is 10.2 Å². The number of carbonyl (C=O) groups is 1. The van der Waals surface area contributed by atoms with Crippen LogP contribution in [0.3, 0.4) is 0 Å². The van der Waals surface area contributed by atoms with Crippen molar-refractivity contribution in [3.63, 3.8) is 0 Å². The number of aromatic nitrogens is 3. The highest BCUT2D eigenvalue weighted by molar-refractivity contribution is 7.99. The highest BCUT2D eigenvalue weighted by atomic mass is 32.2. The largest absolute Gasteiger partial charge is 0.368 e. The van der Waals surface area contributed by atoms with Crippen molar-refractivity contribution < 1.29 is 4.79 Å². The Balaban J connectivity index is 1.62. The maximum absolute atomic E-state index is 12.1. The number of nitrogens with zero attached hydrogens (tertiary/aromatic N) is 3. The first-order valence-electron chi connectivity index (χ1n) is 7.25. The molecule has 22 heavy (non-hydrogen) atoms. The van der Waals surface area contributed by atoms with Crippen molar-refractivity contribution in [2.24, 2.45) is 0 Å². The molecule has 6 nitrogen and oxygen atoms in total. The van der Waals surface area contributed by atoms with Crippen LogP contribution in [0, 0.1) is 13.8 Å². The summed E-state index contributed by atoms with van der Waals surface area (Å²) in [6.45, 7) is 3.98. The summed E-state index contributed by atoms with van der Waals surface area (Å²) in [4.78, 5) is 12.1. The second kappa shape index (κ2) is 6.00. The molecule has 0 spiro atoms. The average Bonchev–Trinajstić information content (AvgIpc) is 3.24. The molecule has 1 aromatic carbocycles. The highest BCUT2D eigenvalue weighted by Gasteiger charge is 2.29. The van der Waals surface area contributed by atoms with Gasteiger partial charge in [0.2, 0.25) is 11.9 Å². The van der Waals surface area contributed by atoms with E-state index in [1.54, 1.807) is 0 Å². The fraction of sp³-hybridized carbons (Fsp3) is 0.400. The lowest BCUT2D eigenvalue weighted by Gasteiger charge is -2.09. The summed E-state index contributed by atoms with van der Waals surface area (Å²) >= 11 is 1.37. The summed E-state index contributed by atoms with van der Waals surface area (Å²) in [5, 5.41) is 11.6. The van der Waals surface area contributed by atoms with E-state index in [-0.39, 0.29) is 11.7 Å². The zero-order valence-electron chi connectivity index (χ0n) is 12.7. The molecule has 0 bridgehead atoms. The van der Waals surface area contributed by atoms with Crippen molar-refractivity contribution in [1.82, 2.24) is 14.8 Å². The smallest absolute Gasteiger partial charge is 0.234 e. The van der Waals surface area contributed by atoms with Crippen LogP contribution in [0.25, 0.3) is 0 Å². The number of nitrogens with two attached hydrogens (primary N) is 1. The third kappa shape index (κ3) is 3.24. The zero-order valence-corrected chi connectivity index (χ0v) is 13.5. The molecule has 7 heteroatoms. The summed E-state index contributed by atoms with van der Waals surface area (Å²) in [6.07, 6.45) is 2.20. The van der Waals surface area contributed by atoms with Crippen molar-refractivity contribution in [1.29, 1.82) is 0 Å². The number of anilines is 2. The van der Waals surface area contributed by atoms with Crippen molar-refractivity contribution in [2.75, 3.05) is 16.8 Å². The first-order chi connectivity index (χ1) is 10.5. The van der Waals surface area contributed by atoms with E-state index in [0.29, 0.717) is 12.0 Å². The number of nitrogens with one attached hydrogen (secondary N) is 1. The van der Waals surface area contributed by atoms with E-state index in [1.165, 1.54) is 11.8 Å². The summed E-state index contributed by atoms with van der Waals surface area (Å²) in [5.41, 5.74) is 8.85. The lowest BCUT2D eigenvalue weighted by Crippen LogP contribution is -2.15. The molecule has 1 aliphatic carbocycles. The molecular formula is C15H19N5OS. The molecule has 1 saturated carbocycles. The van der Waals surface area contributed by atoms with Crippen molar-refractivity contribution >= 4 is 29.3 Å². The Hall–Kier alpha value is -2.02.